The first-order chi connectivity index (χ1) is 14.5. The maximum atomic E-state index is 13.1. The zero-order valence-electron chi connectivity index (χ0n) is 16.8. The standard InChI is InChI=1S/C24H21BrN4O/c1-16-9-10-22(17(2)13-16)29-23(27-11-5-6-12-27)19-14-28(15-21(19)26-29)24(30)18-7-3-4-8-20(18)25/h3-13H,14-15H2,1-2H3. The van der Waals surface area contributed by atoms with Gasteiger partial charge in [-0.3, -0.25) is 4.79 Å². The van der Waals surface area contributed by atoms with Crippen molar-refractivity contribution in [3.63, 3.8) is 0 Å². The molecule has 0 spiro atoms. The van der Waals surface area contributed by atoms with E-state index in [0.29, 0.717) is 18.7 Å². The first-order valence-corrected chi connectivity index (χ1v) is 10.7. The van der Waals surface area contributed by atoms with Crippen LogP contribution in [0.4, 0.5) is 0 Å². The molecule has 1 amide bonds. The predicted octanol–water partition coefficient (Wildman–Crippen LogP) is 5.20. The minimum Gasteiger partial charge on any atom is -0.328 e. The molecule has 0 saturated carbocycles. The van der Waals surface area contributed by atoms with Gasteiger partial charge in [0.2, 0.25) is 0 Å². The van der Waals surface area contributed by atoms with Gasteiger partial charge >= 0.3 is 0 Å². The number of nitrogens with zero attached hydrogens (tertiary/aromatic N) is 4. The molecule has 0 N–H and O–H groups in total. The van der Waals surface area contributed by atoms with Crippen LogP contribution < -0.4 is 0 Å². The Morgan fingerprint density at radius 3 is 2.50 bits per heavy atom. The zero-order chi connectivity index (χ0) is 20.8. The van der Waals surface area contributed by atoms with Crippen LogP contribution in [0.15, 0.2) is 71.5 Å². The van der Waals surface area contributed by atoms with E-state index in [1.54, 1.807) is 0 Å². The van der Waals surface area contributed by atoms with Crippen molar-refractivity contribution >= 4 is 21.8 Å². The van der Waals surface area contributed by atoms with Crippen molar-refractivity contribution < 1.29 is 4.79 Å². The Balaban J connectivity index is 1.58. The molecular weight excluding hydrogens is 440 g/mol. The number of aromatic nitrogens is 3. The summed E-state index contributed by atoms with van der Waals surface area (Å²) in [6.45, 7) is 5.24. The molecule has 0 radical (unpaired) electrons. The molecule has 1 aliphatic heterocycles. The van der Waals surface area contributed by atoms with Gasteiger partial charge in [-0.2, -0.15) is 5.10 Å². The van der Waals surface area contributed by atoms with Crippen LogP contribution in [0.25, 0.3) is 11.5 Å². The monoisotopic (exact) mass is 460 g/mol. The number of benzene rings is 2. The molecule has 0 unspecified atom stereocenters. The van der Waals surface area contributed by atoms with Crippen molar-refractivity contribution in [1.82, 2.24) is 19.2 Å². The van der Waals surface area contributed by atoms with Gasteiger partial charge in [-0.25, -0.2) is 4.68 Å². The molecule has 4 aromatic rings. The molecule has 5 rings (SSSR count). The summed E-state index contributed by atoms with van der Waals surface area (Å²) in [7, 11) is 0. The van der Waals surface area contributed by atoms with Crippen LogP contribution >= 0.6 is 15.9 Å². The zero-order valence-corrected chi connectivity index (χ0v) is 18.4. The Hall–Kier alpha value is -3.12. The molecular formula is C24H21BrN4O. The Labute approximate surface area is 183 Å². The quantitative estimate of drug-likeness (QED) is 0.421. The lowest BCUT2D eigenvalue weighted by molar-refractivity contribution is 0.0748. The van der Waals surface area contributed by atoms with E-state index in [4.69, 9.17) is 5.10 Å². The number of halogens is 1. The summed E-state index contributed by atoms with van der Waals surface area (Å²) in [6.07, 6.45) is 4.05. The highest BCUT2D eigenvalue weighted by Crippen LogP contribution is 2.33. The third kappa shape index (κ3) is 3.08. The molecule has 6 heteroatoms. The fourth-order valence-corrected chi connectivity index (χ4v) is 4.56. The number of rotatable bonds is 3. The maximum Gasteiger partial charge on any atom is 0.255 e. The first-order valence-electron chi connectivity index (χ1n) is 9.88. The third-order valence-electron chi connectivity index (χ3n) is 5.55. The molecule has 5 nitrogen and oxygen atoms in total. The van der Waals surface area contributed by atoms with Gasteiger partial charge < -0.3 is 9.47 Å². The van der Waals surface area contributed by atoms with Gasteiger partial charge in [0.25, 0.3) is 5.91 Å². The van der Waals surface area contributed by atoms with E-state index in [2.05, 4.69) is 52.5 Å². The molecule has 3 heterocycles. The number of aryl methyl sites for hydroxylation is 2. The van der Waals surface area contributed by atoms with E-state index in [1.807, 2.05) is 58.4 Å². The Bertz CT molecular complexity index is 1260. The summed E-state index contributed by atoms with van der Waals surface area (Å²) in [5.41, 5.74) is 6.16. The lowest BCUT2D eigenvalue weighted by Crippen LogP contribution is -2.26. The van der Waals surface area contributed by atoms with Gasteiger partial charge in [-0.1, -0.05) is 29.8 Å². The summed E-state index contributed by atoms with van der Waals surface area (Å²) in [5, 5.41) is 4.95. The van der Waals surface area contributed by atoms with Crippen molar-refractivity contribution in [2.24, 2.45) is 0 Å². The van der Waals surface area contributed by atoms with Gasteiger partial charge in [-0.05, 0) is 65.7 Å². The lowest BCUT2D eigenvalue weighted by Gasteiger charge is -2.19. The molecule has 0 atom stereocenters. The number of hydrogen-bond acceptors (Lipinski definition) is 2. The Morgan fingerprint density at radius 1 is 1.00 bits per heavy atom. The summed E-state index contributed by atoms with van der Waals surface area (Å²) >= 11 is 3.50. The fraction of sp³-hybridized carbons (Fsp3) is 0.167. The van der Waals surface area contributed by atoms with Gasteiger partial charge in [-0.15, -0.1) is 0 Å². The van der Waals surface area contributed by atoms with Crippen molar-refractivity contribution in [1.29, 1.82) is 0 Å². The summed E-state index contributed by atoms with van der Waals surface area (Å²) in [4.78, 5) is 15.0. The second-order valence-electron chi connectivity index (χ2n) is 7.68. The average Bonchev–Trinajstić information content (AvgIpc) is 3.43. The van der Waals surface area contributed by atoms with Crippen LogP contribution in [-0.4, -0.2) is 25.2 Å². The number of hydrogen-bond donors (Lipinski definition) is 0. The van der Waals surface area contributed by atoms with Gasteiger partial charge in [0.15, 0.2) is 0 Å². The predicted molar refractivity (Wildman–Crippen MR) is 120 cm³/mol. The fourth-order valence-electron chi connectivity index (χ4n) is 4.10. The number of amides is 1. The van der Waals surface area contributed by atoms with Crippen molar-refractivity contribution in [3.8, 4) is 11.5 Å². The Morgan fingerprint density at radius 2 is 1.77 bits per heavy atom. The SMILES string of the molecule is Cc1ccc(-n2nc3c(c2-n2cccc2)CN(C(=O)c2ccccc2Br)C3)c(C)c1. The molecule has 0 bridgehead atoms. The summed E-state index contributed by atoms with van der Waals surface area (Å²) < 4.78 is 4.91. The normalized spacial score (nSPS) is 13.0. The van der Waals surface area contributed by atoms with Gasteiger partial charge in [0.1, 0.15) is 5.82 Å². The van der Waals surface area contributed by atoms with Crippen molar-refractivity contribution in [2.75, 3.05) is 0 Å². The summed E-state index contributed by atoms with van der Waals surface area (Å²) in [6, 6.07) is 18.0. The molecule has 150 valence electrons. The molecule has 1 aliphatic rings. The van der Waals surface area contributed by atoms with E-state index >= 15 is 0 Å². The number of carbonyl (C=O) groups is 1. The molecule has 30 heavy (non-hydrogen) atoms. The lowest BCUT2D eigenvalue weighted by atomic mass is 10.1. The molecule has 0 fully saturated rings. The van der Waals surface area contributed by atoms with E-state index in [-0.39, 0.29) is 5.91 Å². The third-order valence-corrected chi connectivity index (χ3v) is 6.24. The van der Waals surface area contributed by atoms with Gasteiger partial charge in [0.05, 0.1) is 30.0 Å². The smallest absolute Gasteiger partial charge is 0.255 e. The highest BCUT2D eigenvalue weighted by Gasteiger charge is 2.32. The van der Waals surface area contributed by atoms with Crippen LogP contribution in [-0.2, 0) is 13.1 Å². The largest absolute Gasteiger partial charge is 0.328 e. The first kappa shape index (κ1) is 18.9. The second-order valence-corrected chi connectivity index (χ2v) is 8.54. The van der Waals surface area contributed by atoms with E-state index in [9.17, 15) is 4.79 Å². The molecule has 2 aromatic heterocycles. The highest BCUT2D eigenvalue weighted by molar-refractivity contribution is 9.10. The molecule has 0 saturated heterocycles. The second kappa shape index (κ2) is 7.29. The molecule has 2 aromatic carbocycles. The average molecular weight is 461 g/mol. The maximum absolute atomic E-state index is 13.1. The minimum atomic E-state index is 0.0111. The highest BCUT2D eigenvalue weighted by atomic mass is 79.9. The number of carbonyl (C=O) groups excluding carboxylic acids is 1. The van der Waals surface area contributed by atoms with E-state index < -0.39 is 0 Å². The topological polar surface area (TPSA) is 43.1 Å². The molecule has 0 aliphatic carbocycles. The van der Waals surface area contributed by atoms with Crippen LogP contribution in [0.1, 0.15) is 32.7 Å². The minimum absolute atomic E-state index is 0.0111. The van der Waals surface area contributed by atoms with E-state index in [0.717, 1.165) is 27.2 Å². The van der Waals surface area contributed by atoms with Crippen LogP contribution in [0.5, 0.6) is 0 Å². The van der Waals surface area contributed by atoms with Crippen LogP contribution in [0.3, 0.4) is 0 Å². The van der Waals surface area contributed by atoms with Crippen molar-refractivity contribution in [3.05, 3.63) is 99.4 Å². The van der Waals surface area contributed by atoms with Crippen LogP contribution in [0, 0.1) is 13.8 Å². The summed E-state index contributed by atoms with van der Waals surface area (Å²) in [5.74, 6) is 1.00. The van der Waals surface area contributed by atoms with Crippen molar-refractivity contribution in [2.45, 2.75) is 26.9 Å². The Kier molecular flexibility index (Phi) is 4.59. The van der Waals surface area contributed by atoms with Crippen LogP contribution in [0.2, 0.25) is 0 Å². The van der Waals surface area contributed by atoms with E-state index in [1.165, 1.54) is 11.1 Å². The number of fused-ring (bicyclic) bond motifs is 1. The van der Waals surface area contributed by atoms with Gasteiger partial charge in [0, 0.05) is 22.4 Å².